The van der Waals surface area contributed by atoms with Crippen molar-refractivity contribution in [3.8, 4) is 0 Å². The lowest BCUT2D eigenvalue weighted by molar-refractivity contribution is -0.136. The Kier molecular flexibility index (Phi) is 4.60. The molecule has 5 heteroatoms. The second-order valence-electron chi connectivity index (χ2n) is 3.50. The number of hydrogen-bond acceptors (Lipinski definition) is 4. The zero-order valence-electron chi connectivity index (χ0n) is 9.16. The Morgan fingerprint density at radius 1 is 1.56 bits per heavy atom. The van der Waals surface area contributed by atoms with E-state index in [0.29, 0.717) is 24.5 Å². The van der Waals surface area contributed by atoms with Crippen LogP contribution in [0.1, 0.15) is 24.6 Å². The molecule has 0 amide bonds. The van der Waals surface area contributed by atoms with Crippen LogP contribution >= 0.6 is 0 Å². The maximum absolute atomic E-state index is 10.3. The number of aliphatic carboxylic acids is 1. The van der Waals surface area contributed by atoms with Crippen LogP contribution in [0.4, 0.5) is 0 Å². The van der Waals surface area contributed by atoms with Gasteiger partial charge in [-0.25, -0.2) is 0 Å². The van der Waals surface area contributed by atoms with Crippen molar-refractivity contribution in [3.05, 3.63) is 29.6 Å². The SMILES string of the molecule is CC(=N)c1ccc(CNCCC(=O)O)cn1. The predicted octanol–water partition coefficient (Wildman–Crippen LogP) is 1.03. The third-order valence-electron chi connectivity index (χ3n) is 2.05. The highest BCUT2D eigenvalue weighted by Crippen LogP contribution is 2.00. The molecule has 86 valence electrons. The molecule has 0 aromatic carbocycles. The van der Waals surface area contributed by atoms with Crippen LogP contribution < -0.4 is 5.32 Å². The highest BCUT2D eigenvalue weighted by Gasteiger charge is 1.99. The molecule has 0 fully saturated rings. The van der Waals surface area contributed by atoms with Gasteiger partial charge < -0.3 is 15.8 Å². The summed E-state index contributed by atoms with van der Waals surface area (Å²) >= 11 is 0. The van der Waals surface area contributed by atoms with E-state index in [2.05, 4.69) is 10.3 Å². The lowest BCUT2D eigenvalue weighted by atomic mass is 10.2. The van der Waals surface area contributed by atoms with Crippen LogP contribution in [0.2, 0.25) is 0 Å². The molecular formula is C11H15N3O2. The Hall–Kier alpha value is -1.75. The van der Waals surface area contributed by atoms with Gasteiger partial charge in [0.15, 0.2) is 0 Å². The van der Waals surface area contributed by atoms with Gasteiger partial charge >= 0.3 is 5.97 Å². The normalized spacial score (nSPS) is 10.1. The average molecular weight is 221 g/mol. The average Bonchev–Trinajstić information content (AvgIpc) is 2.25. The van der Waals surface area contributed by atoms with Gasteiger partial charge in [0, 0.05) is 19.3 Å². The van der Waals surface area contributed by atoms with Gasteiger partial charge in [-0.2, -0.15) is 0 Å². The lowest BCUT2D eigenvalue weighted by Crippen LogP contribution is -2.17. The van der Waals surface area contributed by atoms with E-state index < -0.39 is 5.97 Å². The quantitative estimate of drug-likeness (QED) is 0.494. The molecule has 0 aliphatic carbocycles. The Labute approximate surface area is 94.0 Å². The van der Waals surface area contributed by atoms with E-state index in [4.69, 9.17) is 10.5 Å². The smallest absolute Gasteiger partial charge is 0.304 e. The molecule has 0 bridgehead atoms. The summed E-state index contributed by atoms with van der Waals surface area (Å²) in [7, 11) is 0. The van der Waals surface area contributed by atoms with Crippen molar-refractivity contribution in [3.63, 3.8) is 0 Å². The van der Waals surface area contributed by atoms with Crippen LogP contribution in [-0.4, -0.2) is 28.3 Å². The third kappa shape index (κ3) is 4.18. The topological polar surface area (TPSA) is 86.1 Å². The minimum atomic E-state index is -0.805. The van der Waals surface area contributed by atoms with Crippen molar-refractivity contribution in [2.45, 2.75) is 19.9 Å². The van der Waals surface area contributed by atoms with E-state index in [1.807, 2.05) is 6.07 Å². The number of carbonyl (C=O) groups is 1. The zero-order chi connectivity index (χ0) is 12.0. The van der Waals surface area contributed by atoms with Crippen molar-refractivity contribution in [1.82, 2.24) is 10.3 Å². The Morgan fingerprint density at radius 2 is 2.31 bits per heavy atom. The molecule has 0 aliphatic rings. The van der Waals surface area contributed by atoms with Crippen molar-refractivity contribution >= 4 is 11.7 Å². The van der Waals surface area contributed by atoms with Gasteiger partial charge in [-0.3, -0.25) is 9.78 Å². The molecule has 0 radical (unpaired) electrons. The molecule has 0 saturated heterocycles. The summed E-state index contributed by atoms with van der Waals surface area (Å²) in [6.45, 7) is 2.73. The van der Waals surface area contributed by atoms with E-state index in [-0.39, 0.29) is 6.42 Å². The fourth-order valence-electron chi connectivity index (χ4n) is 1.18. The van der Waals surface area contributed by atoms with Crippen LogP contribution in [0.5, 0.6) is 0 Å². The first-order valence-corrected chi connectivity index (χ1v) is 5.02. The summed E-state index contributed by atoms with van der Waals surface area (Å²) in [6, 6.07) is 3.67. The zero-order valence-corrected chi connectivity index (χ0v) is 9.16. The molecule has 0 aliphatic heterocycles. The molecule has 5 nitrogen and oxygen atoms in total. The first-order valence-electron chi connectivity index (χ1n) is 5.02. The number of rotatable bonds is 6. The van der Waals surface area contributed by atoms with Gasteiger partial charge in [0.1, 0.15) is 0 Å². The Balaban J connectivity index is 2.38. The molecule has 1 rings (SSSR count). The van der Waals surface area contributed by atoms with Crippen LogP contribution in [-0.2, 0) is 11.3 Å². The second-order valence-corrected chi connectivity index (χ2v) is 3.50. The van der Waals surface area contributed by atoms with Crippen molar-refractivity contribution in [2.24, 2.45) is 0 Å². The second kappa shape index (κ2) is 5.97. The van der Waals surface area contributed by atoms with Gasteiger partial charge in [0.05, 0.1) is 17.8 Å². The summed E-state index contributed by atoms with van der Waals surface area (Å²) in [5.74, 6) is -0.805. The Morgan fingerprint density at radius 3 is 2.81 bits per heavy atom. The maximum atomic E-state index is 10.3. The highest BCUT2D eigenvalue weighted by atomic mass is 16.4. The molecule has 1 heterocycles. The van der Waals surface area contributed by atoms with E-state index in [0.717, 1.165) is 5.56 Å². The number of pyridine rings is 1. The summed E-state index contributed by atoms with van der Waals surface area (Å²) in [5, 5.41) is 18.8. The highest BCUT2D eigenvalue weighted by molar-refractivity contribution is 5.94. The van der Waals surface area contributed by atoms with Crippen LogP contribution in [0, 0.1) is 5.41 Å². The molecule has 1 aromatic rings. The number of carboxylic acid groups (broad SMARTS) is 1. The van der Waals surface area contributed by atoms with Crippen molar-refractivity contribution in [1.29, 1.82) is 5.41 Å². The van der Waals surface area contributed by atoms with Gasteiger partial charge in [0.25, 0.3) is 0 Å². The Bertz CT molecular complexity index is 373. The van der Waals surface area contributed by atoms with E-state index in [9.17, 15) is 4.79 Å². The molecule has 0 spiro atoms. The number of aromatic nitrogens is 1. The molecule has 3 N–H and O–H groups in total. The van der Waals surface area contributed by atoms with E-state index >= 15 is 0 Å². The van der Waals surface area contributed by atoms with Crippen molar-refractivity contribution in [2.75, 3.05) is 6.54 Å². The number of nitrogens with one attached hydrogen (secondary N) is 2. The standard InChI is InChI=1S/C11H15N3O2/c1-8(12)10-3-2-9(7-14-10)6-13-5-4-11(15)16/h2-3,7,12-13H,4-6H2,1H3,(H,15,16). The fraction of sp³-hybridized carbons (Fsp3) is 0.364. The first-order chi connectivity index (χ1) is 7.59. The van der Waals surface area contributed by atoms with Gasteiger partial charge in [-0.1, -0.05) is 6.07 Å². The van der Waals surface area contributed by atoms with Gasteiger partial charge in [-0.05, 0) is 18.6 Å². The largest absolute Gasteiger partial charge is 0.481 e. The van der Waals surface area contributed by atoms with Gasteiger partial charge in [0.2, 0.25) is 0 Å². The minimum absolute atomic E-state index is 0.116. The summed E-state index contributed by atoms with van der Waals surface area (Å²) in [4.78, 5) is 14.4. The monoisotopic (exact) mass is 221 g/mol. The fourth-order valence-corrected chi connectivity index (χ4v) is 1.18. The summed E-state index contributed by atoms with van der Waals surface area (Å²) in [6.07, 6.45) is 1.81. The molecule has 16 heavy (non-hydrogen) atoms. The van der Waals surface area contributed by atoms with Crippen molar-refractivity contribution < 1.29 is 9.90 Å². The predicted molar refractivity (Wildman–Crippen MR) is 60.7 cm³/mol. The number of hydrogen-bond donors (Lipinski definition) is 3. The minimum Gasteiger partial charge on any atom is -0.481 e. The molecule has 0 atom stereocenters. The van der Waals surface area contributed by atoms with Crippen LogP contribution in [0.3, 0.4) is 0 Å². The summed E-state index contributed by atoms with van der Waals surface area (Å²) in [5.41, 5.74) is 2.08. The van der Waals surface area contributed by atoms with Gasteiger partial charge in [-0.15, -0.1) is 0 Å². The third-order valence-corrected chi connectivity index (χ3v) is 2.05. The lowest BCUT2D eigenvalue weighted by Gasteiger charge is -2.03. The molecule has 0 saturated carbocycles. The number of nitrogens with zero attached hydrogens (tertiary/aromatic N) is 1. The summed E-state index contributed by atoms with van der Waals surface area (Å²) < 4.78 is 0. The molecule has 0 unspecified atom stereocenters. The van der Waals surface area contributed by atoms with E-state index in [1.165, 1.54) is 0 Å². The first kappa shape index (κ1) is 12.3. The maximum Gasteiger partial charge on any atom is 0.304 e. The molecular weight excluding hydrogens is 206 g/mol. The molecule has 1 aromatic heterocycles. The van der Waals surface area contributed by atoms with Crippen LogP contribution in [0.15, 0.2) is 18.3 Å². The van der Waals surface area contributed by atoms with E-state index in [1.54, 1.807) is 19.2 Å². The number of carboxylic acids is 1. The van der Waals surface area contributed by atoms with Crippen LogP contribution in [0.25, 0.3) is 0 Å².